The maximum absolute atomic E-state index is 9.58. The van der Waals surface area contributed by atoms with E-state index in [9.17, 15) is 9.81 Å². The number of rotatable bonds is 4. The summed E-state index contributed by atoms with van der Waals surface area (Å²) in [6.45, 7) is 8.26. The molecule has 0 fully saturated rings. The van der Waals surface area contributed by atoms with Crippen LogP contribution in [0.25, 0.3) is 0 Å². The molecule has 2 rings (SSSR count). The molecular formula is C16H22I2MoN4O2. The molecule has 0 aromatic carbocycles. The van der Waals surface area contributed by atoms with Gasteiger partial charge in [0.2, 0.25) is 0 Å². The number of aryl methyl sites for hydroxylation is 4. The Bertz CT molecular complexity index is 582. The van der Waals surface area contributed by atoms with Crippen LogP contribution in [-0.2, 0) is 22.0 Å². The van der Waals surface area contributed by atoms with E-state index in [1.165, 1.54) is 11.1 Å². The van der Waals surface area contributed by atoms with E-state index in [-0.39, 0.29) is 0 Å². The topological polar surface area (TPSA) is 84.6 Å². The third-order valence-electron chi connectivity index (χ3n) is 2.94. The van der Waals surface area contributed by atoms with Gasteiger partial charge in [0.05, 0.1) is 0 Å². The molecule has 0 aliphatic carbocycles. The van der Waals surface area contributed by atoms with E-state index in [4.69, 9.17) is 0 Å². The van der Waals surface area contributed by atoms with Crippen LogP contribution < -0.4 is 0 Å². The summed E-state index contributed by atoms with van der Waals surface area (Å²) < 4.78 is 5.15. The SMILES string of the molecule is CCc1ccc(C)nc1.CCc1ccc(C)nc1.O=[N][Mo]([I])([I])[N]=O. The van der Waals surface area contributed by atoms with E-state index in [1.54, 1.807) is 38.7 Å². The van der Waals surface area contributed by atoms with Crippen LogP contribution in [0.5, 0.6) is 0 Å². The number of nitroso groups, excluding NO2 is 2. The average molecular weight is 652 g/mol. The van der Waals surface area contributed by atoms with Crippen molar-refractivity contribution in [2.45, 2.75) is 40.5 Å². The molecule has 2 aromatic rings. The average Bonchev–Trinajstić information content (AvgIpc) is 2.64. The fourth-order valence-electron chi connectivity index (χ4n) is 1.43. The molecule has 0 saturated heterocycles. The zero-order chi connectivity index (χ0) is 19.3. The molecule has 0 aliphatic heterocycles. The van der Waals surface area contributed by atoms with Crippen molar-refractivity contribution in [2.75, 3.05) is 0 Å². The van der Waals surface area contributed by atoms with Crippen LogP contribution in [-0.4, -0.2) is 9.97 Å². The summed E-state index contributed by atoms with van der Waals surface area (Å²) in [5.74, 6) is 0. The third-order valence-corrected chi connectivity index (χ3v) is 7.63. The van der Waals surface area contributed by atoms with Gasteiger partial charge in [-0.15, -0.1) is 0 Å². The van der Waals surface area contributed by atoms with Gasteiger partial charge >= 0.3 is 65.2 Å². The Morgan fingerprint density at radius 2 is 1.20 bits per heavy atom. The van der Waals surface area contributed by atoms with Crippen molar-refractivity contribution in [3.05, 3.63) is 69.0 Å². The van der Waals surface area contributed by atoms with E-state index >= 15 is 0 Å². The molecule has 9 heteroatoms. The zero-order valence-corrected chi connectivity index (χ0v) is 21.0. The molecule has 0 radical (unpaired) electrons. The number of aromatic nitrogens is 2. The molecule has 0 bridgehead atoms. The Labute approximate surface area is 173 Å². The van der Waals surface area contributed by atoms with Crippen molar-refractivity contribution in [1.82, 2.24) is 9.97 Å². The first-order valence-electron chi connectivity index (χ1n) is 7.52. The van der Waals surface area contributed by atoms with Crippen LogP contribution in [0.3, 0.4) is 0 Å². The second-order valence-corrected chi connectivity index (χ2v) is 32.2. The van der Waals surface area contributed by atoms with Gasteiger partial charge in [0.1, 0.15) is 0 Å². The van der Waals surface area contributed by atoms with Gasteiger partial charge in [-0.25, -0.2) is 0 Å². The molecule has 25 heavy (non-hydrogen) atoms. The summed E-state index contributed by atoms with van der Waals surface area (Å²) in [5, 5.41) is 0. The Balaban J connectivity index is 0.000000350. The molecule has 0 spiro atoms. The van der Waals surface area contributed by atoms with Crippen LogP contribution >= 0.6 is 38.7 Å². The number of nitrogens with zero attached hydrogens (tertiary/aromatic N) is 4. The minimum absolute atomic E-state index is 1.08. The van der Waals surface area contributed by atoms with Crippen LogP contribution in [0, 0.1) is 23.7 Å². The monoisotopic (exact) mass is 654 g/mol. The molecule has 138 valence electrons. The van der Waals surface area contributed by atoms with Crippen LogP contribution in [0.15, 0.2) is 44.1 Å². The maximum atomic E-state index is 9.58. The van der Waals surface area contributed by atoms with Gasteiger partial charge < -0.3 is 0 Å². The first-order chi connectivity index (χ1) is 11.8. The molecule has 0 saturated carbocycles. The molecule has 0 atom stereocenters. The predicted molar refractivity (Wildman–Crippen MR) is 116 cm³/mol. The number of hydrogen-bond acceptors (Lipinski definition) is 6. The van der Waals surface area contributed by atoms with E-state index < -0.39 is 9.20 Å². The molecule has 0 N–H and O–H groups in total. The Kier molecular flexibility index (Phi) is 13.6. The van der Waals surface area contributed by atoms with E-state index in [2.05, 4.69) is 43.4 Å². The van der Waals surface area contributed by atoms with Crippen molar-refractivity contribution in [3.63, 3.8) is 0 Å². The molecule has 0 amide bonds. The van der Waals surface area contributed by atoms with E-state index in [1.807, 2.05) is 38.4 Å². The van der Waals surface area contributed by atoms with Crippen molar-refractivity contribution < 1.29 is 9.20 Å². The van der Waals surface area contributed by atoms with E-state index in [0.717, 1.165) is 24.2 Å². The summed E-state index contributed by atoms with van der Waals surface area (Å²) in [6, 6.07) is 8.31. The predicted octanol–water partition coefficient (Wildman–Crippen LogP) is 6.11. The van der Waals surface area contributed by atoms with Crippen molar-refractivity contribution in [3.8, 4) is 0 Å². The second kappa shape index (κ2) is 13.8. The van der Waals surface area contributed by atoms with Crippen LogP contribution in [0.1, 0.15) is 36.4 Å². The second-order valence-electron chi connectivity index (χ2n) is 4.89. The van der Waals surface area contributed by atoms with Gasteiger partial charge in [-0.05, 0) is 49.9 Å². The molecule has 2 aromatic heterocycles. The Hall–Kier alpha value is -0.352. The fraction of sp³-hybridized carbons (Fsp3) is 0.375. The summed E-state index contributed by atoms with van der Waals surface area (Å²) in [6.07, 6.45) is 6.01. The molecular weight excluding hydrogens is 630 g/mol. The van der Waals surface area contributed by atoms with Gasteiger partial charge in [0, 0.05) is 23.8 Å². The zero-order valence-electron chi connectivity index (χ0n) is 14.6. The Morgan fingerprint density at radius 1 is 0.840 bits per heavy atom. The standard InChI is InChI=1S/2C8H11N.2HI.Mo.2NO/c2*1-3-8-5-4-7(2)9-6-8;;;;2*1-2/h2*4-6H,3H2,1-2H3;2*1H;;;/q;;;;+4;2*-1/p-2. The van der Waals surface area contributed by atoms with Crippen molar-refractivity contribution >= 4 is 38.7 Å². The van der Waals surface area contributed by atoms with Gasteiger partial charge in [0.15, 0.2) is 0 Å². The fourth-order valence-corrected chi connectivity index (χ4v) is 1.50. The summed E-state index contributed by atoms with van der Waals surface area (Å²) in [7, 11) is -3.03. The third kappa shape index (κ3) is 12.6. The summed E-state index contributed by atoms with van der Waals surface area (Å²) in [5.41, 5.74) is 4.79. The number of pyridine rings is 2. The number of halogens is 2. The van der Waals surface area contributed by atoms with Crippen LogP contribution in [0.4, 0.5) is 0 Å². The van der Waals surface area contributed by atoms with E-state index in [0.29, 0.717) is 0 Å². The van der Waals surface area contributed by atoms with Crippen LogP contribution in [0.2, 0.25) is 0 Å². The van der Waals surface area contributed by atoms with Crippen molar-refractivity contribution in [1.29, 1.82) is 0 Å². The summed E-state index contributed by atoms with van der Waals surface area (Å²) in [4.78, 5) is 27.5. The van der Waals surface area contributed by atoms with Gasteiger partial charge in [0.25, 0.3) is 0 Å². The molecule has 0 aliphatic rings. The molecule has 0 unspecified atom stereocenters. The normalized spacial score (nSPS) is 10.5. The summed E-state index contributed by atoms with van der Waals surface area (Å²) >= 11 is 3.44. The first-order valence-corrected chi connectivity index (χ1v) is 21.3. The molecule has 2 heterocycles. The van der Waals surface area contributed by atoms with Gasteiger partial charge in [-0.1, -0.05) is 26.0 Å². The Morgan fingerprint density at radius 3 is 1.36 bits per heavy atom. The van der Waals surface area contributed by atoms with Gasteiger partial charge in [-0.2, -0.15) is 0 Å². The van der Waals surface area contributed by atoms with Crippen molar-refractivity contribution in [2.24, 2.45) is 7.47 Å². The quantitative estimate of drug-likeness (QED) is 0.227. The molecule has 6 nitrogen and oxygen atoms in total. The minimum atomic E-state index is -3.03. The number of hydrogen-bond donors (Lipinski definition) is 0. The van der Waals surface area contributed by atoms with Gasteiger partial charge in [-0.3, -0.25) is 9.97 Å². The first kappa shape index (κ1) is 24.6.